The number of hydrogen-bond donors (Lipinski definition) is 1. The minimum atomic E-state index is -2.57. The topological polar surface area (TPSA) is 54.9 Å². The summed E-state index contributed by atoms with van der Waals surface area (Å²) >= 11 is 1.69. The Morgan fingerprint density at radius 1 is 1.33 bits per heavy atom. The zero-order valence-electron chi connectivity index (χ0n) is 10.8. The highest BCUT2D eigenvalue weighted by Gasteiger charge is 2.28. The highest BCUT2D eigenvalue weighted by atomic mass is 32.2. The molecule has 0 unspecified atom stereocenters. The van der Waals surface area contributed by atoms with Gasteiger partial charge in [0.25, 0.3) is 11.7 Å². The van der Waals surface area contributed by atoms with Crippen molar-refractivity contribution in [3.63, 3.8) is 0 Å². The number of alkyl halides is 2. The van der Waals surface area contributed by atoms with Gasteiger partial charge in [-0.3, -0.25) is 10.1 Å². The Morgan fingerprint density at radius 3 is 2.81 bits per heavy atom. The number of halogens is 2. The summed E-state index contributed by atoms with van der Waals surface area (Å²) in [6.07, 6.45) is 2.22. The minimum Gasteiger partial charge on any atom is -0.296 e. The van der Waals surface area contributed by atoms with Gasteiger partial charge in [-0.25, -0.2) is 0 Å². The third-order valence-electron chi connectivity index (χ3n) is 2.94. The molecule has 1 aromatic carbocycles. The molecule has 1 aliphatic carbocycles. The van der Waals surface area contributed by atoms with Crippen molar-refractivity contribution in [1.82, 2.24) is 10.2 Å². The number of carbonyl (C=O) groups is 1. The van der Waals surface area contributed by atoms with Crippen LogP contribution < -0.4 is 5.32 Å². The Labute approximate surface area is 128 Å². The first-order chi connectivity index (χ1) is 10.1. The Kier molecular flexibility index (Phi) is 4.16. The van der Waals surface area contributed by atoms with Gasteiger partial charge in [0.05, 0.1) is 5.56 Å². The van der Waals surface area contributed by atoms with Crippen molar-refractivity contribution in [3.05, 3.63) is 34.8 Å². The van der Waals surface area contributed by atoms with E-state index in [2.05, 4.69) is 15.5 Å². The molecule has 1 N–H and O–H groups in total. The fourth-order valence-corrected chi connectivity index (χ4v) is 3.34. The molecule has 3 rings (SSSR count). The SMILES string of the molecule is O=C(Nc1nnc(C2CC2)s1)c1ccccc1SC(F)F. The van der Waals surface area contributed by atoms with Gasteiger partial charge in [0.1, 0.15) is 5.01 Å². The molecule has 1 heterocycles. The average molecular weight is 327 g/mol. The molecule has 1 saturated carbocycles. The maximum atomic E-state index is 12.5. The van der Waals surface area contributed by atoms with Crippen molar-refractivity contribution >= 4 is 34.1 Å². The van der Waals surface area contributed by atoms with E-state index in [4.69, 9.17) is 0 Å². The van der Waals surface area contributed by atoms with Crippen LogP contribution in [0.5, 0.6) is 0 Å². The summed E-state index contributed by atoms with van der Waals surface area (Å²) in [4.78, 5) is 12.4. The Bertz CT molecular complexity index is 658. The van der Waals surface area contributed by atoms with E-state index in [1.807, 2.05) is 0 Å². The number of anilines is 1. The summed E-state index contributed by atoms with van der Waals surface area (Å²) in [5.41, 5.74) is 0.214. The summed E-state index contributed by atoms with van der Waals surface area (Å²) in [6.45, 7) is 0. The molecule has 0 bridgehead atoms. The van der Waals surface area contributed by atoms with Gasteiger partial charge in [0.2, 0.25) is 5.13 Å². The predicted molar refractivity (Wildman–Crippen MR) is 78.1 cm³/mol. The van der Waals surface area contributed by atoms with Crippen molar-refractivity contribution in [2.45, 2.75) is 29.4 Å². The van der Waals surface area contributed by atoms with Gasteiger partial charge in [-0.1, -0.05) is 35.2 Å². The lowest BCUT2D eigenvalue weighted by molar-refractivity contribution is 0.102. The Morgan fingerprint density at radius 2 is 2.10 bits per heavy atom. The second-order valence-corrected chi connectivity index (χ2v) is 6.59. The fourth-order valence-electron chi connectivity index (χ4n) is 1.80. The lowest BCUT2D eigenvalue weighted by Gasteiger charge is -2.07. The molecule has 0 atom stereocenters. The lowest BCUT2D eigenvalue weighted by Crippen LogP contribution is -2.13. The van der Waals surface area contributed by atoms with Gasteiger partial charge in [-0.05, 0) is 25.0 Å². The van der Waals surface area contributed by atoms with Gasteiger partial charge >= 0.3 is 0 Å². The zero-order chi connectivity index (χ0) is 14.8. The third-order valence-corrected chi connectivity index (χ3v) is 4.72. The molecule has 110 valence electrons. The number of amides is 1. The van der Waals surface area contributed by atoms with Gasteiger partial charge in [0.15, 0.2) is 0 Å². The summed E-state index contributed by atoms with van der Waals surface area (Å²) < 4.78 is 25.0. The molecule has 0 aliphatic heterocycles. The van der Waals surface area contributed by atoms with E-state index in [1.165, 1.54) is 23.5 Å². The molecular formula is C13H11F2N3OS2. The first-order valence-corrected chi connectivity index (χ1v) is 8.01. The molecule has 1 aromatic heterocycles. The molecule has 4 nitrogen and oxygen atoms in total. The smallest absolute Gasteiger partial charge is 0.288 e. The predicted octanol–water partition coefficient (Wildman–Crippen LogP) is 3.98. The summed E-state index contributed by atoms with van der Waals surface area (Å²) in [7, 11) is 0. The van der Waals surface area contributed by atoms with Crippen LogP contribution in [-0.2, 0) is 0 Å². The normalized spacial score (nSPS) is 14.4. The molecule has 21 heavy (non-hydrogen) atoms. The molecule has 0 radical (unpaired) electrons. The van der Waals surface area contributed by atoms with Crippen molar-refractivity contribution in [3.8, 4) is 0 Å². The summed E-state index contributed by atoms with van der Waals surface area (Å²) in [6, 6.07) is 6.28. The van der Waals surface area contributed by atoms with E-state index in [1.54, 1.807) is 12.1 Å². The van der Waals surface area contributed by atoms with Crippen LogP contribution in [0.4, 0.5) is 13.9 Å². The van der Waals surface area contributed by atoms with Crippen molar-refractivity contribution in [2.24, 2.45) is 0 Å². The maximum absolute atomic E-state index is 12.5. The largest absolute Gasteiger partial charge is 0.296 e. The van der Waals surface area contributed by atoms with E-state index in [0.29, 0.717) is 22.8 Å². The second kappa shape index (κ2) is 6.07. The van der Waals surface area contributed by atoms with E-state index in [0.717, 1.165) is 17.8 Å². The number of carbonyl (C=O) groups excluding carboxylic acids is 1. The molecule has 1 fully saturated rings. The van der Waals surface area contributed by atoms with Gasteiger partial charge < -0.3 is 0 Å². The number of nitrogens with one attached hydrogen (secondary N) is 1. The fraction of sp³-hybridized carbons (Fsp3) is 0.308. The third kappa shape index (κ3) is 3.56. The van der Waals surface area contributed by atoms with E-state index < -0.39 is 11.7 Å². The van der Waals surface area contributed by atoms with Crippen LogP contribution in [0, 0.1) is 0 Å². The van der Waals surface area contributed by atoms with Gasteiger partial charge in [-0.2, -0.15) is 8.78 Å². The summed E-state index contributed by atoms with van der Waals surface area (Å²) in [5.74, 6) is -2.55. The number of nitrogens with zero attached hydrogens (tertiary/aromatic N) is 2. The monoisotopic (exact) mass is 327 g/mol. The quantitative estimate of drug-likeness (QED) is 0.844. The maximum Gasteiger partial charge on any atom is 0.288 e. The number of benzene rings is 1. The van der Waals surface area contributed by atoms with Crippen LogP contribution in [0.25, 0.3) is 0 Å². The number of hydrogen-bond acceptors (Lipinski definition) is 5. The highest BCUT2D eigenvalue weighted by Crippen LogP contribution is 2.42. The zero-order valence-corrected chi connectivity index (χ0v) is 12.4. The standard InChI is InChI=1S/C13H11F2N3OS2/c14-12(15)20-9-4-2-1-3-8(9)10(19)16-13-18-17-11(21-13)7-5-6-7/h1-4,7,12H,5-6H2,(H,16,18,19). The van der Waals surface area contributed by atoms with Crippen LogP contribution in [0.3, 0.4) is 0 Å². The Hall–Kier alpha value is -1.54. The molecule has 1 aliphatic rings. The number of aromatic nitrogens is 2. The highest BCUT2D eigenvalue weighted by molar-refractivity contribution is 7.99. The molecule has 8 heteroatoms. The van der Waals surface area contributed by atoms with Crippen LogP contribution in [0.1, 0.15) is 34.1 Å². The van der Waals surface area contributed by atoms with Crippen molar-refractivity contribution in [1.29, 1.82) is 0 Å². The number of rotatable bonds is 5. The second-order valence-electron chi connectivity index (χ2n) is 4.55. The first-order valence-electron chi connectivity index (χ1n) is 6.32. The average Bonchev–Trinajstić information content (AvgIpc) is 3.19. The minimum absolute atomic E-state index is 0.214. The van der Waals surface area contributed by atoms with Gasteiger partial charge in [0, 0.05) is 10.8 Å². The molecule has 0 spiro atoms. The van der Waals surface area contributed by atoms with E-state index in [9.17, 15) is 13.6 Å². The molecule has 0 saturated heterocycles. The lowest BCUT2D eigenvalue weighted by atomic mass is 10.2. The molecule has 1 amide bonds. The molecule has 2 aromatic rings. The number of thioether (sulfide) groups is 1. The van der Waals surface area contributed by atoms with Crippen LogP contribution in [-0.4, -0.2) is 21.9 Å². The Balaban J connectivity index is 1.74. The van der Waals surface area contributed by atoms with Crippen molar-refractivity contribution < 1.29 is 13.6 Å². The van der Waals surface area contributed by atoms with Crippen LogP contribution >= 0.6 is 23.1 Å². The van der Waals surface area contributed by atoms with E-state index in [-0.39, 0.29) is 10.5 Å². The van der Waals surface area contributed by atoms with Crippen LogP contribution in [0.15, 0.2) is 29.2 Å². The summed E-state index contributed by atoms with van der Waals surface area (Å²) in [5, 5.41) is 11.9. The molecular weight excluding hydrogens is 316 g/mol. The van der Waals surface area contributed by atoms with Crippen LogP contribution in [0.2, 0.25) is 0 Å². The first kappa shape index (κ1) is 14.4. The van der Waals surface area contributed by atoms with Crippen molar-refractivity contribution in [2.75, 3.05) is 5.32 Å². The van der Waals surface area contributed by atoms with Gasteiger partial charge in [-0.15, -0.1) is 10.2 Å². The van der Waals surface area contributed by atoms with E-state index >= 15 is 0 Å².